The minimum absolute atomic E-state index is 0.123. The van der Waals surface area contributed by atoms with E-state index >= 15 is 0 Å². The molecule has 104 valence electrons. The maximum Gasteiger partial charge on any atom is 0.329 e. The summed E-state index contributed by atoms with van der Waals surface area (Å²) >= 11 is 0. The summed E-state index contributed by atoms with van der Waals surface area (Å²) in [5.74, 6) is -0.899. The Morgan fingerprint density at radius 1 is 1.42 bits per heavy atom. The van der Waals surface area contributed by atoms with Gasteiger partial charge in [-0.1, -0.05) is 25.9 Å². The van der Waals surface area contributed by atoms with Gasteiger partial charge >= 0.3 is 5.97 Å². The van der Waals surface area contributed by atoms with E-state index in [0.29, 0.717) is 18.6 Å². The van der Waals surface area contributed by atoms with Gasteiger partial charge in [0.15, 0.2) is 5.69 Å². The summed E-state index contributed by atoms with van der Waals surface area (Å²) in [5, 5.41) is 15.4. The van der Waals surface area contributed by atoms with Gasteiger partial charge in [0.2, 0.25) is 0 Å². The Bertz CT molecular complexity index is 509. The average Bonchev–Trinajstić information content (AvgIpc) is 2.70. The largest absolute Gasteiger partial charge is 0.480 e. The van der Waals surface area contributed by atoms with Crippen molar-refractivity contribution in [3.63, 3.8) is 0 Å². The Morgan fingerprint density at radius 2 is 2.05 bits per heavy atom. The number of rotatable bonds is 3. The lowest BCUT2D eigenvalue weighted by atomic mass is 9.76. The predicted molar refractivity (Wildman–Crippen MR) is 66.9 cm³/mol. The van der Waals surface area contributed by atoms with Crippen molar-refractivity contribution in [2.75, 3.05) is 0 Å². The summed E-state index contributed by atoms with van der Waals surface area (Å²) in [7, 11) is 0. The number of carboxylic acids is 1. The van der Waals surface area contributed by atoms with Crippen molar-refractivity contribution in [3.8, 4) is 0 Å². The second kappa shape index (κ2) is 4.36. The lowest BCUT2D eigenvalue weighted by Crippen LogP contribution is -2.59. The van der Waals surface area contributed by atoms with E-state index in [1.807, 2.05) is 20.8 Å². The Labute approximate surface area is 111 Å². The third-order valence-corrected chi connectivity index (χ3v) is 3.45. The molecule has 2 rings (SSSR count). The Kier molecular flexibility index (Phi) is 3.12. The first-order valence-electron chi connectivity index (χ1n) is 6.28. The van der Waals surface area contributed by atoms with Gasteiger partial charge in [0.05, 0.1) is 0 Å². The number of aromatic nitrogens is 1. The number of nitrogens with one attached hydrogen (secondary N) is 1. The van der Waals surface area contributed by atoms with Crippen molar-refractivity contribution in [1.82, 2.24) is 10.5 Å². The molecule has 1 aliphatic rings. The third-order valence-electron chi connectivity index (χ3n) is 3.45. The van der Waals surface area contributed by atoms with E-state index in [9.17, 15) is 9.59 Å². The molecule has 0 aromatic carbocycles. The first kappa shape index (κ1) is 13.6. The zero-order valence-electron chi connectivity index (χ0n) is 11.3. The fourth-order valence-corrected chi connectivity index (χ4v) is 1.94. The van der Waals surface area contributed by atoms with Crippen LogP contribution in [-0.2, 0) is 10.2 Å². The summed E-state index contributed by atoms with van der Waals surface area (Å²) in [5.41, 5.74) is -1.25. The molecule has 1 aliphatic carbocycles. The van der Waals surface area contributed by atoms with Crippen molar-refractivity contribution in [3.05, 3.63) is 17.5 Å². The molecule has 1 saturated carbocycles. The van der Waals surface area contributed by atoms with E-state index in [1.54, 1.807) is 6.07 Å². The second-order valence-corrected chi connectivity index (χ2v) is 6.02. The van der Waals surface area contributed by atoms with Crippen LogP contribution in [0.5, 0.6) is 0 Å². The predicted octanol–water partition coefficient (Wildman–Crippen LogP) is 1.71. The van der Waals surface area contributed by atoms with Gasteiger partial charge in [-0.15, -0.1) is 0 Å². The zero-order valence-corrected chi connectivity index (χ0v) is 11.3. The molecule has 2 N–H and O–H groups in total. The number of carbonyl (C=O) groups is 2. The van der Waals surface area contributed by atoms with Gasteiger partial charge < -0.3 is 14.9 Å². The van der Waals surface area contributed by atoms with Crippen LogP contribution in [0, 0.1) is 0 Å². The van der Waals surface area contributed by atoms with E-state index in [-0.39, 0.29) is 11.1 Å². The van der Waals surface area contributed by atoms with Crippen LogP contribution in [0.4, 0.5) is 0 Å². The molecule has 1 heterocycles. The highest BCUT2D eigenvalue weighted by molar-refractivity contribution is 5.96. The van der Waals surface area contributed by atoms with Gasteiger partial charge in [0.25, 0.3) is 5.91 Å². The summed E-state index contributed by atoms with van der Waals surface area (Å²) in [6, 6.07) is 1.56. The maximum absolute atomic E-state index is 12.0. The third kappa shape index (κ3) is 2.47. The smallest absolute Gasteiger partial charge is 0.329 e. The molecule has 1 amide bonds. The molecule has 6 nitrogen and oxygen atoms in total. The lowest BCUT2D eigenvalue weighted by Gasteiger charge is -2.37. The number of amides is 1. The van der Waals surface area contributed by atoms with E-state index in [0.717, 1.165) is 6.42 Å². The highest BCUT2D eigenvalue weighted by atomic mass is 16.5. The number of carbonyl (C=O) groups excluding carboxylic acids is 1. The molecule has 0 radical (unpaired) electrons. The molecule has 1 aromatic rings. The van der Waals surface area contributed by atoms with Gasteiger partial charge in [-0.2, -0.15) is 0 Å². The van der Waals surface area contributed by atoms with Gasteiger partial charge in [-0.25, -0.2) is 4.79 Å². The molecular formula is C13H18N2O4. The van der Waals surface area contributed by atoms with Crippen molar-refractivity contribution in [1.29, 1.82) is 0 Å². The van der Waals surface area contributed by atoms with Crippen LogP contribution in [0.1, 0.15) is 56.3 Å². The SMILES string of the molecule is CC(C)(C)c1cc(C(=O)NC2(C(=O)O)CCC2)no1. The molecular weight excluding hydrogens is 248 g/mol. The van der Waals surface area contributed by atoms with Gasteiger partial charge in [0.1, 0.15) is 11.3 Å². The first-order chi connectivity index (χ1) is 8.74. The zero-order chi connectivity index (χ0) is 14.3. The normalized spacial score (nSPS) is 17.6. The minimum atomic E-state index is -1.13. The molecule has 0 bridgehead atoms. The van der Waals surface area contributed by atoms with Crippen LogP contribution in [-0.4, -0.2) is 27.7 Å². The van der Waals surface area contributed by atoms with Crippen LogP contribution < -0.4 is 5.32 Å². The van der Waals surface area contributed by atoms with Crippen LogP contribution in [0.25, 0.3) is 0 Å². The molecule has 0 atom stereocenters. The number of aliphatic carboxylic acids is 1. The molecule has 0 saturated heterocycles. The summed E-state index contributed by atoms with van der Waals surface area (Å²) in [6.07, 6.45) is 1.72. The summed E-state index contributed by atoms with van der Waals surface area (Å²) in [4.78, 5) is 23.2. The second-order valence-electron chi connectivity index (χ2n) is 6.02. The fraction of sp³-hybridized carbons (Fsp3) is 0.615. The summed E-state index contributed by atoms with van der Waals surface area (Å²) < 4.78 is 5.12. The molecule has 19 heavy (non-hydrogen) atoms. The molecule has 6 heteroatoms. The fourth-order valence-electron chi connectivity index (χ4n) is 1.94. The number of nitrogens with zero attached hydrogens (tertiary/aromatic N) is 1. The molecule has 0 aliphatic heterocycles. The van der Waals surface area contributed by atoms with E-state index in [1.165, 1.54) is 0 Å². The molecule has 0 unspecified atom stereocenters. The van der Waals surface area contributed by atoms with Gasteiger partial charge in [-0.3, -0.25) is 4.79 Å². The topological polar surface area (TPSA) is 92.4 Å². The quantitative estimate of drug-likeness (QED) is 0.868. The van der Waals surface area contributed by atoms with Gasteiger partial charge in [0, 0.05) is 11.5 Å². The van der Waals surface area contributed by atoms with Crippen molar-refractivity contribution < 1.29 is 19.2 Å². The Morgan fingerprint density at radius 3 is 2.42 bits per heavy atom. The van der Waals surface area contributed by atoms with Crippen LogP contribution in [0.15, 0.2) is 10.6 Å². The first-order valence-corrected chi connectivity index (χ1v) is 6.28. The average molecular weight is 266 g/mol. The Hall–Kier alpha value is -1.85. The number of hydrogen-bond donors (Lipinski definition) is 2. The van der Waals surface area contributed by atoms with E-state index in [2.05, 4.69) is 10.5 Å². The molecule has 1 aromatic heterocycles. The monoisotopic (exact) mass is 266 g/mol. The van der Waals surface area contributed by atoms with E-state index < -0.39 is 17.4 Å². The highest BCUT2D eigenvalue weighted by Gasteiger charge is 2.46. The highest BCUT2D eigenvalue weighted by Crippen LogP contribution is 2.32. The van der Waals surface area contributed by atoms with Crippen molar-refractivity contribution >= 4 is 11.9 Å². The standard InChI is InChI=1S/C13H18N2O4/c1-12(2,3)9-7-8(15-19-9)10(16)14-13(11(17)18)5-4-6-13/h7H,4-6H2,1-3H3,(H,14,16)(H,17,18). The van der Waals surface area contributed by atoms with Crippen molar-refractivity contribution in [2.45, 2.75) is 51.0 Å². The summed E-state index contributed by atoms with van der Waals surface area (Å²) in [6.45, 7) is 5.83. The van der Waals surface area contributed by atoms with E-state index in [4.69, 9.17) is 9.63 Å². The van der Waals surface area contributed by atoms with Crippen LogP contribution in [0.2, 0.25) is 0 Å². The molecule has 1 fully saturated rings. The van der Waals surface area contributed by atoms with Crippen LogP contribution >= 0.6 is 0 Å². The molecule has 0 spiro atoms. The Balaban J connectivity index is 2.12. The van der Waals surface area contributed by atoms with Crippen molar-refractivity contribution in [2.24, 2.45) is 0 Å². The van der Waals surface area contributed by atoms with Crippen LogP contribution in [0.3, 0.4) is 0 Å². The minimum Gasteiger partial charge on any atom is -0.480 e. The maximum atomic E-state index is 12.0. The number of carboxylic acid groups (broad SMARTS) is 1. The lowest BCUT2D eigenvalue weighted by molar-refractivity contribution is -0.148. The van der Waals surface area contributed by atoms with Gasteiger partial charge in [-0.05, 0) is 19.3 Å². The number of hydrogen-bond acceptors (Lipinski definition) is 4.